The SMILES string of the molecule is OC[C@H]1O[C@H](O[C@H]2OC(CF)[C@@H](O)[C@H](O)C2O)C(O)C(O)[C@@H]1O. The van der Waals surface area contributed by atoms with E-state index in [-0.39, 0.29) is 0 Å². The summed E-state index contributed by atoms with van der Waals surface area (Å²) in [7, 11) is 0. The second kappa shape index (κ2) is 7.61. The van der Waals surface area contributed by atoms with Crippen molar-refractivity contribution >= 4 is 0 Å². The minimum Gasteiger partial charge on any atom is -0.394 e. The van der Waals surface area contributed by atoms with Gasteiger partial charge in [-0.25, -0.2) is 4.39 Å². The molecule has 2 heterocycles. The van der Waals surface area contributed by atoms with Crippen molar-refractivity contribution in [2.24, 2.45) is 0 Å². The number of ether oxygens (including phenoxy) is 3. The molecule has 7 N–H and O–H groups in total. The Morgan fingerprint density at radius 1 is 0.696 bits per heavy atom. The zero-order chi connectivity index (χ0) is 17.3. The number of hydrogen-bond donors (Lipinski definition) is 7. The van der Waals surface area contributed by atoms with Gasteiger partial charge in [-0.15, -0.1) is 0 Å². The summed E-state index contributed by atoms with van der Waals surface area (Å²) >= 11 is 0. The molecule has 0 radical (unpaired) electrons. The molecule has 0 spiro atoms. The highest BCUT2D eigenvalue weighted by molar-refractivity contribution is 4.92. The van der Waals surface area contributed by atoms with Gasteiger partial charge in [-0.05, 0) is 0 Å². The Balaban J connectivity index is 2.07. The second-order valence-electron chi connectivity index (χ2n) is 5.50. The maximum Gasteiger partial charge on any atom is 0.189 e. The fraction of sp³-hybridized carbons (Fsp3) is 1.00. The molecule has 10 nitrogen and oxygen atoms in total. The molecular weight excluding hydrogens is 323 g/mol. The molecule has 0 bridgehead atoms. The maximum atomic E-state index is 12.8. The van der Waals surface area contributed by atoms with Crippen LogP contribution in [0.3, 0.4) is 0 Å². The second-order valence-corrected chi connectivity index (χ2v) is 5.50. The van der Waals surface area contributed by atoms with Gasteiger partial charge >= 0.3 is 0 Å². The van der Waals surface area contributed by atoms with Crippen LogP contribution in [0.1, 0.15) is 0 Å². The van der Waals surface area contributed by atoms with Crippen molar-refractivity contribution in [2.45, 2.75) is 61.4 Å². The lowest BCUT2D eigenvalue weighted by Gasteiger charge is -2.44. The Hall–Kier alpha value is -0.470. The molecule has 10 atom stereocenters. The molecule has 0 aliphatic carbocycles. The molecule has 4 unspecified atom stereocenters. The quantitative estimate of drug-likeness (QED) is 0.264. The van der Waals surface area contributed by atoms with Crippen molar-refractivity contribution in [3.63, 3.8) is 0 Å². The van der Waals surface area contributed by atoms with E-state index in [0.29, 0.717) is 0 Å². The molecule has 23 heavy (non-hydrogen) atoms. The molecule has 2 aliphatic rings. The fourth-order valence-electron chi connectivity index (χ4n) is 2.47. The van der Waals surface area contributed by atoms with Crippen molar-refractivity contribution < 1.29 is 54.3 Å². The van der Waals surface area contributed by atoms with Crippen molar-refractivity contribution in [3.8, 4) is 0 Å². The minimum atomic E-state index is -1.78. The molecule has 0 aromatic carbocycles. The zero-order valence-electron chi connectivity index (χ0n) is 11.9. The third-order valence-corrected chi connectivity index (χ3v) is 3.94. The van der Waals surface area contributed by atoms with Crippen molar-refractivity contribution in [1.29, 1.82) is 0 Å². The van der Waals surface area contributed by atoms with E-state index in [1.54, 1.807) is 0 Å². The summed E-state index contributed by atoms with van der Waals surface area (Å²) in [6.07, 6.45) is -16.3. The predicted octanol–water partition coefficient (Wildman–Crippen LogP) is -4.42. The molecule has 2 saturated heterocycles. The highest BCUT2D eigenvalue weighted by atomic mass is 19.1. The maximum absolute atomic E-state index is 12.8. The summed E-state index contributed by atoms with van der Waals surface area (Å²) in [5.41, 5.74) is 0. The molecule has 2 rings (SSSR count). The molecule has 0 aromatic heterocycles. The molecule has 0 saturated carbocycles. The molecule has 0 amide bonds. The molecular formula is C12H21FO10. The van der Waals surface area contributed by atoms with E-state index < -0.39 is 74.7 Å². The van der Waals surface area contributed by atoms with E-state index in [2.05, 4.69) is 0 Å². The van der Waals surface area contributed by atoms with Crippen LogP contribution in [0, 0.1) is 0 Å². The van der Waals surface area contributed by atoms with Gasteiger partial charge in [0.15, 0.2) is 12.6 Å². The van der Waals surface area contributed by atoms with Gasteiger partial charge in [0.25, 0.3) is 0 Å². The number of rotatable bonds is 4. The largest absolute Gasteiger partial charge is 0.394 e. The third kappa shape index (κ3) is 3.64. The van der Waals surface area contributed by atoms with Gasteiger partial charge in [-0.3, -0.25) is 0 Å². The lowest BCUT2D eigenvalue weighted by atomic mass is 9.98. The summed E-state index contributed by atoms with van der Waals surface area (Å²) in [5.74, 6) is 0. The number of hydrogen-bond acceptors (Lipinski definition) is 10. The van der Waals surface area contributed by atoms with E-state index >= 15 is 0 Å². The van der Waals surface area contributed by atoms with Gasteiger partial charge in [0.05, 0.1) is 6.61 Å². The normalized spacial score (nSPS) is 51.7. The van der Waals surface area contributed by atoms with Crippen LogP contribution < -0.4 is 0 Å². The predicted molar refractivity (Wildman–Crippen MR) is 67.5 cm³/mol. The average Bonchev–Trinajstić information content (AvgIpc) is 2.55. The summed E-state index contributed by atoms with van der Waals surface area (Å²) in [6, 6.07) is 0. The number of alkyl halides is 1. The lowest BCUT2D eigenvalue weighted by Crippen LogP contribution is -2.63. The first kappa shape index (κ1) is 18.9. The molecule has 2 aliphatic heterocycles. The van der Waals surface area contributed by atoms with E-state index in [4.69, 9.17) is 19.3 Å². The van der Waals surface area contributed by atoms with Gasteiger partial charge < -0.3 is 50.0 Å². The fourth-order valence-corrected chi connectivity index (χ4v) is 2.47. The van der Waals surface area contributed by atoms with Gasteiger partial charge in [0.1, 0.15) is 55.5 Å². The number of aliphatic hydroxyl groups excluding tert-OH is 7. The van der Waals surface area contributed by atoms with E-state index in [0.717, 1.165) is 0 Å². The van der Waals surface area contributed by atoms with Crippen LogP contribution in [0.25, 0.3) is 0 Å². The Kier molecular flexibility index (Phi) is 6.24. The monoisotopic (exact) mass is 344 g/mol. The van der Waals surface area contributed by atoms with Gasteiger partial charge in [-0.1, -0.05) is 0 Å². The molecule has 0 aromatic rings. The minimum absolute atomic E-state index is 0.687. The van der Waals surface area contributed by atoms with Crippen LogP contribution >= 0.6 is 0 Å². The van der Waals surface area contributed by atoms with Crippen LogP contribution in [-0.2, 0) is 14.2 Å². The first-order valence-electron chi connectivity index (χ1n) is 7.03. The standard InChI is InChI=1S/C12H21FO10/c13-1-3-5(15)7(17)9(19)11(21-3)23-12-10(20)8(18)6(16)4(2-14)22-12/h3-12,14-20H,1-2H2/t3?,4-,5-,6-,7+,8?,9?,10?,11-,12-/m1/s1. The van der Waals surface area contributed by atoms with Gasteiger partial charge in [0.2, 0.25) is 0 Å². The van der Waals surface area contributed by atoms with Crippen LogP contribution in [0.2, 0.25) is 0 Å². The molecule has 136 valence electrons. The Morgan fingerprint density at radius 3 is 1.57 bits per heavy atom. The van der Waals surface area contributed by atoms with Crippen molar-refractivity contribution in [1.82, 2.24) is 0 Å². The zero-order valence-corrected chi connectivity index (χ0v) is 11.9. The average molecular weight is 344 g/mol. The Morgan fingerprint density at radius 2 is 1.13 bits per heavy atom. The van der Waals surface area contributed by atoms with Crippen LogP contribution in [0.5, 0.6) is 0 Å². The van der Waals surface area contributed by atoms with Gasteiger partial charge in [-0.2, -0.15) is 0 Å². The van der Waals surface area contributed by atoms with E-state index in [1.807, 2.05) is 0 Å². The smallest absolute Gasteiger partial charge is 0.189 e. The summed E-state index contributed by atoms with van der Waals surface area (Å²) < 4.78 is 27.9. The number of aliphatic hydroxyl groups is 7. The summed E-state index contributed by atoms with van der Waals surface area (Å²) in [6.45, 7) is -1.85. The summed E-state index contributed by atoms with van der Waals surface area (Å²) in [5, 5.41) is 67.1. The van der Waals surface area contributed by atoms with E-state index in [9.17, 15) is 35.0 Å². The number of halogens is 1. The Labute approximate surface area is 130 Å². The van der Waals surface area contributed by atoms with Gasteiger partial charge in [0, 0.05) is 0 Å². The highest BCUT2D eigenvalue weighted by Gasteiger charge is 2.49. The van der Waals surface area contributed by atoms with Crippen LogP contribution in [0.4, 0.5) is 4.39 Å². The first-order chi connectivity index (χ1) is 10.8. The third-order valence-electron chi connectivity index (χ3n) is 3.94. The van der Waals surface area contributed by atoms with Crippen LogP contribution in [0.15, 0.2) is 0 Å². The molecule has 2 fully saturated rings. The van der Waals surface area contributed by atoms with Crippen molar-refractivity contribution in [3.05, 3.63) is 0 Å². The lowest BCUT2D eigenvalue weighted by molar-refractivity contribution is -0.375. The van der Waals surface area contributed by atoms with E-state index in [1.165, 1.54) is 0 Å². The summed E-state index contributed by atoms with van der Waals surface area (Å²) in [4.78, 5) is 0. The Bertz CT molecular complexity index is 349. The molecule has 11 heteroatoms. The van der Waals surface area contributed by atoms with Crippen LogP contribution in [-0.4, -0.2) is 110 Å². The van der Waals surface area contributed by atoms with Crippen molar-refractivity contribution in [2.75, 3.05) is 13.3 Å². The first-order valence-corrected chi connectivity index (χ1v) is 7.03. The topological polar surface area (TPSA) is 169 Å². The highest BCUT2D eigenvalue weighted by Crippen LogP contribution is 2.28.